The highest BCUT2D eigenvalue weighted by atomic mass is 35.5. The van der Waals surface area contributed by atoms with Crippen molar-refractivity contribution in [1.29, 1.82) is 0 Å². The Kier molecular flexibility index (Phi) is 9.11. The fourth-order valence-corrected chi connectivity index (χ4v) is 5.01. The Bertz CT molecular complexity index is 1180. The number of urea groups is 1. The van der Waals surface area contributed by atoms with E-state index in [0.717, 1.165) is 42.5 Å². The lowest BCUT2D eigenvalue weighted by atomic mass is 9.92. The molecule has 0 spiro atoms. The summed E-state index contributed by atoms with van der Waals surface area (Å²) in [5, 5.41) is 11.1. The fraction of sp³-hybridized carbons (Fsp3) is 0.250. The average Bonchev–Trinajstić information content (AvgIpc) is 3.34. The maximum atomic E-state index is 12.6. The predicted octanol–water partition coefficient (Wildman–Crippen LogP) is 7.92. The molecule has 3 aromatic rings. The summed E-state index contributed by atoms with van der Waals surface area (Å²) in [5.41, 5.74) is 3.88. The van der Waals surface area contributed by atoms with Gasteiger partial charge < -0.3 is 16.0 Å². The van der Waals surface area contributed by atoms with Gasteiger partial charge in [-0.25, -0.2) is 4.79 Å². The molecule has 0 aromatic heterocycles. The average molecular weight is 529 g/mol. The molecular formula is C28H28Cl3N3O. The highest BCUT2D eigenvalue weighted by Crippen LogP contribution is 2.28. The van der Waals surface area contributed by atoms with E-state index in [-0.39, 0.29) is 11.9 Å². The maximum absolute atomic E-state index is 12.6. The Hall–Kier alpha value is -2.50. The van der Waals surface area contributed by atoms with Crippen LogP contribution in [0.5, 0.6) is 0 Å². The fourth-order valence-electron chi connectivity index (χ4n) is 4.29. The molecule has 3 aromatic carbocycles. The molecule has 0 radical (unpaired) electrons. The molecule has 4 nitrogen and oxygen atoms in total. The molecule has 0 heterocycles. The number of halogens is 3. The van der Waals surface area contributed by atoms with Crippen LogP contribution in [0.4, 0.5) is 10.5 Å². The van der Waals surface area contributed by atoms with Crippen LogP contribution in [0.15, 0.2) is 78.9 Å². The molecule has 2 atom stereocenters. The summed E-state index contributed by atoms with van der Waals surface area (Å²) < 4.78 is 0. The van der Waals surface area contributed by atoms with Crippen molar-refractivity contribution >= 4 is 46.5 Å². The Morgan fingerprint density at radius 3 is 2.37 bits per heavy atom. The summed E-state index contributed by atoms with van der Waals surface area (Å²) in [4.78, 5) is 12.6. The van der Waals surface area contributed by atoms with Crippen molar-refractivity contribution in [3.63, 3.8) is 0 Å². The van der Waals surface area contributed by atoms with Gasteiger partial charge in [0.15, 0.2) is 0 Å². The van der Waals surface area contributed by atoms with Crippen molar-refractivity contribution in [2.45, 2.75) is 31.2 Å². The minimum Gasteiger partial charge on any atom is -0.337 e. The van der Waals surface area contributed by atoms with E-state index in [9.17, 15) is 4.79 Å². The van der Waals surface area contributed by atoms with Crippen LogP contribution in [0.1, 0.15) is 30.7 Å². The number of carbonyl (C=O) groups excluding carboxylic acids is 1. The third-order valence-corrected chi connectivity index (χ3v) is 6.73. The van der Waals surface area contributed by atoms with E-state index in [0.29, 0.717) is 33.3 Å². The SMILES string of the molecule is O=C(NCC(CCNC1C=CCC1)c1cccc(-c2cccc(Cl)c2)c1)Nc1cc(Cl)cc(Cl)c1. The molecule has 35 heavy (non-hydrogen) atoms. The summed E-state index contributed by atoms with van der Waals surface area (Å²) in [6, 6.07) is 21.4. The number of anilines is 1. The summed E-state index contributed by atoms with van der Waals surface area (Å²) in [7, 11) is 0. The van der Waals surface area contributed by atoms with Crippen LogP contribution in [-0.2, 0) is 0 Å². The van der Waals surface area contributed by atoms with Crippen molar-refractivity contribution in [2.24, 2.45) is 0 Å². The number of nitrogens with one attached hydrogen (secondary N) is 3. The molecule has 182 valence electrons. The maximum Gasteiger partial charge on any atom is 0.319 e. The largest absolute Gasteiger partial charge is 0.337 e. The number of hydrogen-bond acceptors (Lipinski definition) is 2. The Labute approximate surface area is 221 Å². The van der Waals surface area contributed by atoms with Crippen molar-refractivity contribution in [2.75, 3.05) is 18.4 Å². The molecule has 1 aliphatic rings. The first-order chi connectivity index (χ1) is 17.0. The standard InChI is InChI=1S/C28H28Cl3N3O/c29-23-8-4-7-21(14-23)19-5-3-6-20(13-19)22(11-12-32-26-9-1-2-10-26)18-33-28(35)34-27-16-24(30)15-25(31)17-27/h1,3-9,13-17,22,26,32H,2,10-12,18H2,(H2,33,34,35). The Morgan fingerprint density at radius 1 is 0.914 bits per heavy atom. The van der Waals surface area contributed by atoms with Gasteiger partial charge in [-0.15, -0.1) is 0 Å². The van der Waals surface area contributed by atoms with Crippen LogP contribution in [0.2, 0.25) is 15.1 Å². The molecule has 3 N–H and O–H groups in total. The quantitative estimate of drug-likeness (QED) is 0.247. The van der Waals surface area contributed by atoms with Gasteiger partial charge in [-0.2, -0.15) is 0 Å². The van der Waals surface area contributed by atoms with Crippen molar-refractivity contribution < 1.29 is 4.79 Å². The number of amides is 2. The summed E-state index contributed by atoms with van der Waals surface area (Å²) in [5.74, 6) is 0.126. The molecule has 4 rings (SSSR count). The van der Waals surface area contributed by atoms with Crippen molar-refractivity contribution in [1.82, 2.24) is 10.6 Å². The lowest BCUT2D eigenvalue weighted by Crippen LogP contribution is -2.34. The second kappa shape index (κ2) is 12.5. The first-order valence-corrected chi connectivity index (χ1v) is 12.9. The Morgan fingerprint density at radius 2 is 1.66 bits per heavy atom. The second-order valence-electron chi connectivity index (χ2n) is 8.68. The molecule has 7 heteroatoms. The summed E-state index contributed by atoms with van der Waals surface area (Å²) >= 11 is 18.3. The third kappa shape index (κ3) is 7.74. The van der Waals surface area contributed by atoms with E-state index < -0.39 is 0 Å². The topological polar surface area (TPSA) is 53.2 Å². The highest BCUT2D eigenvalue weighted by Gasteiger charge is 2.16. The smallest absolute Gasteiger partial charge is 0.319 e. The van der Waals surface area contributed by atoms with E-state index >= 15 is 0 Å². The van der Waals surface area contributed by atoms with Crippen LogP contribution in [0.25, 0.3) is 11.1 Å². The second-order valence-corrected chi connectivity index (χ2v) is 9.99. The van der Waals surface area contributed by atoms with Crippen molar-refractivity contribution in [3.05, 3.63) is 99.5 Å². The van der Waals surface area contributed by atoms with Crippen LogP contribution < -0.4 is 16.0 Å². The lowest BCUT2D eigenvalue weighted by Gasteiger charge is -2.21. The molecule has 2 amide bonds. The van der Waals surface area contributed by atoms with E-state index in [2.05, 4.69) is 58.4 Å². The Balaban J connectivity index is 1.45. The molecule has 2 unspecified atom stereocenters. The molecule has 0 saturated heterocycles. The molecule has 1 aliphatic carbocycles. The summed E-state index contributed by atoms with van der Waals surface area (Å²) in [6.45, 7) is 1.34. The zero-order valence-corrected chi connectivity index (χ0v) is 21.5. The number of carbonyl (C=O) groups is 1. The third-order valence-electron chi connectivity index (χ3n) is 6.06. The zero-order chi connectivity index (χ0) is 24.6. The number of hydrogen-bond donors (Lipinski definition) is 3. The normalized spacial score (nSPS) is 15.7. The van der Waals surface area contributed by atoms with E-state index in [1.165, 1.54) is 0 Å². The van der Waals surface area contributed by atoms with E-state index in [4.69, 9.17) is 34.8 Å². The van der Waals surface area contributed by atoms with Crippen LogP contribution in [0.3, 0.4) is 0 Å². The lowest BCUT2D eigenvalue weighted by molar-refractivity contribution is 0.251. The summed E-state index contributed by atoms with van der Waals surface area (Å²) in [6.07, 6.45) is 7.59. The van der Waals surface area contributed by atoms with Gasteiger partial charge in [0.25, 0.3) is 0 Å². The van der Waals surface area contributed by atoms with Gasteiger partial charge >= 0.3 is 6.03 Å². The molecular weight excluding hydrogens is 501 g/mol. The van der Waals surface area contributed by atoms with Crippen LogP contribution in [-0.4, -0.2) is 25.2 Å². The number of rotatable bonds is 9. The number of allylic oxidation sites excluding steroid dienone is 1. The molecule has 0 aliphatic heterocycles. The monoisotopic (exact) mass is 527 g/mol. The zero-order valence-electron chi connectivity index (χ0n) is 19.2. The highest BCUT2D eigenvalue weighted by molar-refractivity contribution is 6.35. The first-order valence-electron chi connectivity index (χ1n) is 11.7. The minimum absolute atomic E-state index is 0.126. The van der Waals surface area contributed by atoms with Crippen LogP contribution >= 0.6 is 34.8 Å². The van der Waals surface area contributed by atoms with E-state index in [1.807, 2.05) is 18.2 Å². The van der Waals surface area contributed by atoms with Crippen molar-refractivity contribution in [3.8, 4) is 11.1 Å². The van der Waals surface area contributed by atoms with E-state index in [1.54, 1.807) is 18.2 Å². The molecule has 0 bridgehead atoms. The molecule has 0 fully saturated rings. The van der Waals surface area contributed by atoms with Gasteiger partial charge in [0.2, 0.25) is 0 Å². The number of benzene rings is 3. The van der Waals surface area contributed by atoms with Gasteiger partial charge in [-0.05, 0) is 72.8 Å². The van der Waals surface area contributed by atoms with Gasteiger partial charge in [-0.3, -0.25) is 0 Å². The first kappa shape index (κ1) is 25.6. The van der Waals surface area contributed by atoms with Gasteiger partial charge in [0, 0.05) is 39.3 Å². The van der Waals surface area contributed by atoms with Gasteiger partial charge in [-0.1, -0.05) is 83.4 Å². The van der Waals surface area contributed by atoms with Gasteiger partial charge in [0.05, 0.1) is 0 Å². The predicted molar refractivity (Wildman–Crippen MR) is 148 cm³/mol. The molecule has 0 saturated carbocycles. The minimum atomic E-state index is -0.300. The van der Waals surface area contributed by atoms with Crippen LogP contribution in [0, 0.1) is 0 Å². The van der Waals surface area contributed by atoms with Gasteiger partial charge in [0.1, 0.15) is 0 Å².